The first-order valence-electron chi connectivity index (χ1n) is 20.0. The van der Waals surface area contributed by atoms with Crippen LogP contribution in [-0.2, 0) is 20.2 Å². The van der Waals surface area contributed by atoms with E-state index in [1.165, 1.54) is 36.4 Å². The van der Waals surface area contributed by atoms with Crippen LogP contribution in [0.25, 0.3) is 6.08 Å². The van der Waals surface area contributed by atoms with Gasteiger partial charge in [-0.3, -0.25) is 19.3 Å². The van der Waals surface area contributed by atoms with Gasteiger partial charge in [-0.2, -0.15) is 57.0 Å². The largest absolute Gasteiger partial charge is 0.396 e. The number of halogens is 2. The van der Waals surface area contributed by atoms with E-state index in [1.54, 1.807) is 12.1 Å². The molecule has 2 aromatic heterocycles. The molecule has 0 atom stereocenters. The van der Waals surface area contributed by atoms with Gasteiger partial charge in [0.1, 0.15) is 21.2 Å². The number of carbonyl (C=O) groups is 1. The summed E-state index contributed by atoms with van der Waals surface area (Å²) >= 11 is 12.4. The molecule has 0 fully saturated rings. The topological polar surface area (TPSA) is 326 Å². The van der Waals surface area contributed by atoms with Gasteiger partial charge < -0.3 is 27.0 Å². The standard InChI is InChI=1S/C43H35Cl2N15O7S2/c1-21-11-14-29(23(3)17-21)50-43-54-38(44)51-40(55-43)47-25-8-6-9-27(19-25)57-60-36-33(69(65,66)67)18-24-12-15-30(37(61)34(24)35(36)46)58-59-31-20-26(13-16-32(31)68(62,63)64)48-41-52-39(45)53-42(56-41)49-28-10-5-4-7-22(28)2/h4-20,59H,46H2,1-3H3,(H,62,63,64)(H,65,66,67)(H2,47,50,51,54,55)(H2,48,49,52,53,56)/b58-30-,60-57?. The number of nitrogen functional groups attached to an aromatic ring is 1. The van der Waals surface area contributed by atoms with Crippen molar-refractivity contribution in [1.82, 2.24) is 29.9 Å². The van der Waals surface area contributed by atoms with Crippen LogP contribution in [0.2, 0.25) is 10.6 Å². The van der Waals surface area contributed by atoms with Crippen LogP contribution in [0.15, 0.2) is 122 Å². The van der Waals surface area contributed by atoms with Gasteiger partial charge >= 0.3 is 0 Å². The zero-order valence-corrected chi connectivity index (χ0v) is 39.1. The van der Waals surface area contributed by atoms with Crippen LogP contribution < -0.4 is 32.4 Å². The molecule has 0 amide bonds. The summed E-state index contributed by atoms with van der Waals surface area (Å²) in [6, 6.07) is 24.1. The lowest BCUT2D eigenvalue weighted by Gasteiger charge is -2.17. The van der Waals surface area contributed by atoms with Crippen LogP contribution in [0.1, 0.15) is 32.6 Å². The average molecular weight is 1010 g/mol. The van der Waals surface area contributed by atoms with Gasteiger partial charge in [0.25, 0.3) is 20.2 Å². The molecule has 350 valence electrons. The fourth-order valence-electron chi connectivity index (χ4n) is 6.72. The lowest BCUT2D eigenvalue weighted by atomic mass is 9.92. The monoisotopic (exact) mass is 1010 g/mol. The van der Waals surface area contributed by atoms with E-state index in [0.29, 0.717) is 11.4 Å². The molecule has 0 spiro atoms. The van der Waals surface area contributed by atoms with E-state index in [0.717, 1.165) is 34.5 Å². The molecule has 0 saturated heterocycles. The number of Topliss-reactive ketones (excluding diaryl/α,β-unsaturated/α-hetero) is 1. The number of rotatable bonds is 14. The predicted octanol–water partition coefficient (Wildman–Crippen LogP) is 9.43. The van der Waals surface area contributed by atoms with E-state index >= 15 is 0 Å². The van der Waals surface area contributed by atoms with Crippen molar-refractivity contribution in [2.45, 2.75) is 30.6 Å². The van der Waals surface area contributed by atoms with Gasteiger partial charge in [-0.1, -0.05) is 48.0 Å². The summed E-state index contributed by atoms with van der Waals surface area (Å²) in [5, 5.41) is 24.1. The first-order valence-corrected chi connectivity index (χ1v) is 23.6. The van der Waals surface area contributed by atoms with Gasteiger partial charge in [-0.25, -0.2) is 0 Å². The summed E-state index contributed by atoms with van der Waals surface area (Å²) in [6.07, 6.45) is 2.49. The summed E-state index contributed by atoms with van der Waals surface area (Å²) in [4.78, 5) is 37.8. The number of aryl methyl sites for hydroxylation is 3. The van der Waals surface area contributed by atoms with Crippen molar-refractivity contribution in [2.75, 3.05) is 32.4 Å². The normalized spacial score (nSPS) is 13.1. The maximum absolute atomic E-state index is 14.0. The second-order valence-corrected chi connectivity index (χ2v) is 18.4. The molecule has 7 aromatic rings. The molecule has 2 heterocycles. The fraction of sp³-hybridized carbons (Fsp3) is 0.0698. The van der Waals surface area contributed by atoms with Crippen molar-refractivity contribution in [3.8, 4) is 0 Å². The quantitative estimate of drug-likeness (QED) is 0.0217. The Hall–Kier alpha value is -8.00. The Bertz CT molecular complexity index is 3560. The number of allylic oxidation sites excluding steroid dienone is 1. The fourth-order valence-corrected chi connectivity index (χ4v) is 8.33. The highest BCUT2D eigenvalue weighted by molar-refractivity contribution is 7.86. The van der Waals surface area contributed by atoms with Crippen LogP contribution in [0.3, 0.4) is 0 Å². The SMILES string of the molecule is Cc1ccc(Nc2nc(Cl)nc(Nc3cccc(N=Nc4c(S(=O)(=O)O)cc5c(c4N)C(=O)/C(=N\Nc4cc(Nc6nc(Cl)nc(Nc7ccccc7C)n6)ccc4S(=O)(=O)O)C=C5)c3)n2)c(C)c1. The van der Waals surface area contributed by atoms with Crippen molar-refractivity contribution in [3.05, 3.63) is 135 Å². The molecular weight excluding hydrogens is 974 g/mol. The van der Waals surface area contributed by atoms with Gasteiger partial charge in [0.2, 0.25) is 40.1 Å². The number of carbonyl (C=O) groups excluding carboxylic acids is 1. The lowest BCUT2D eigenvalue weighted by Crippen LogP contribution is -2.21. The van der Waals surface area contributed by atoms with E-state index in [1.807, 2.05) is 63.2 Å². The minimum atomic E-state index is -5.01. The molecular formula is C43H35Cl2N15O7S2. The number of fused-ring (bicyclic) bond motifs is 1. The molecule has 1 aliphatic carbocycles. The second kappa shape index (κ2) is 19.3. The summed E-state index contributed by atoms with van der Waals surface area (Å²) in [7, 11) is -9.87. The highest BCUT2D eigenvalue weighted by Gasteiger charge is 2.30. The molecule has 69 heavy (non-hydrogen) atoms. The van der Waals surface area contributed by atoms with E-state index < -0.39 is 47.2 Å². The van der Waals surface area contributed by atoms with Gasteiger partial charge in [0.05, 0.1) is 22.6 Å². The zero-order chi connectivity index (χ0) is 49.2. The second-order valence-electron chi connectivity index (χ2n) is 14.9. The minimum Gasteiger partial charge on any atom is -0.396 e. The average Bonchev–Trinajstić information content (AvgIpc) is 3.26. The number of aromatic nitrogens is 6. The third kappa shape index (κ3) is 11.2. The number of nitrogens with zero attached hydrogens (tertiary/aromatic N) is 9. The number of nitrogens with one attached hydrogen (secondary N) is 5. The molecule has 8 rings (SSSR count). The first kappa shape index (κ1) is 47.5. The molecule has 22 nitrogen and oxygen atoms in total. The third-order valence-corrected chi connectivity index (χ3v) is 12.0. The molecule has 9 N–H and O–H groups in total. The smallest absolute Gasteiger partial charge is 0.296 e. The minimum absolute atomic E-state index is 0.0197. The first-order chi connectivity index (χ1) is 32.8. The van der Waals surface area contributed by atoms with Crippen LogP contribution >= 0.6 is 23.2 Å². The molecule has 0 saturated carbocycles. The maximum atomic E-state index is 14.0. The molecule has 0 aliphatic heterocycles. The number of anilines is 10. The lowest BCUT2D eigenvalue weighted by molar-refractivity contribution is 0.106. The van der Waals surface area contributed by atoms with Crippen molar-refractivity contribution >= 4 is 130 Å². The predicted molar refractivity (Wildman–Crippen MR) is 262 cm³/mol. The highest BCUT2D eigenvalue weighted by atomic mass is 35.5. The van der Waals surface area contributed by atoms with Crippen LogP contribution in [0.5, 0.6) is 0 Å². The van der Waals surface area contributed by atoms with Crippen molar-refractivity contribution in [3.63, 3.8) is 0 Å². The van der Waals surface area contributed by atoms with Crippen LogP contribution in [0, 0.1) is 20.8 Å². The Morgan fingerprint density at radius 3 is 1.83 bits per heavy atom. The summed E-state index contributed by atoms with van der Waals surface area (Å²) < 4.78 is 70.5. The number of hydrogen-bond acceptors (Lipinski definition) is 20. The Morgan fingerprint density at radius 2 is 1.20 bits per heavy atom. The zero-order valence-electron chi connectivity index (χ0n) is 35.9. The molecule has 1 aliphatic rings. The van der Waals surface area contributed by atoms with Gasteiger partial charge in [-0.05, 0) is 121 Å². The maximum Gasteiger partial charge on any atom is 0.296 e. The van der Waals surface area contributed by atoms with Crippen LogP contribution in [-0.4, -0.2) is 67.3 Å². The van der Waals surface area contributed by atoms with E-state index in [9.17, 15) is 30.7 Å². The third-order valence-electron chi connectivity index (χ3n) is 9.91. The number of hydrogen-bond donors (Lipinski definition) is 8. The Labute approximate surface area is 402 Å². The molecule has 26 heteroatoms. The summed E-state index contributed by atoms with van der Waals surface area (Å²) in [5.74, 6) is -0.553. The molecule has 5 aromatic carbocycles. The highest BCUT2D eigenvalue weighted by Crippen LogP contribution is 2.40. The Kier molecular flexibility index (Phi) is 13.3. The Morgan fingerprint density at radius 1 is 0.594 bits per heavy atom. The van der Waals surface area contributed by atoms with Crippen molar-refractivity contribution in [2.24, 2.45) is 15.3 Å². The summed E-state index contributed by atoms with van der Waals surface area (Å²) in [6.45, 7) is 5.79. The number of benzene rings is 5. The molecule has 0 bridgehead atoms. The summed E-state index contributed by atoms with van der Waals surface area (Å²) in [5.41, 5.74) is 12.1. The van der Waals surface area contributed by atoms with E-state index in [-0.39, 0.29) is 68.3 Å². The van der Waals surface area contributed by atoms with Crippen molar-refractivity contribution < 1.29 is 30.7 Å². The van der Waals surface area contributed by atoms with E-state index in [2.05, 4.69) is 71.9 Å². The number of nitrogens with two attached hydrogens (primary N) is 1. The number of azo groups is 1. The number of ketones is 1. The van der Waals surface area contributed by atoms with E-state index in [4.69, 9.17) is 28.9 Å². The van der Waals surface area contributed by atoms with Gasteiger partial charge in [-0.15, -0.1) is 5.11 Å². The van der Waals surface area contributed by atoms with Gasteiger partial charge in [0.15, 0.2) is 0 Å². The number of hydrazone groups is 1. The molecule has 0 unspecified atom stereocenters. The Balaban J connectivity index is 1.05. The molecule has 0 radical (unpaired) electrons. The van der Waals surface area contributed by atoms with Crippen LogP contribution in [0.4, 0.5) is 69.3 Å². The van der Waals surface area contributed by atoms with Crippen molar-refractivity contribution in [1.29, 1.82) is 0 Å². The number of para-hydroxylation sites is 1. The van der Waals surface area contributed by atoms with Gasteiger partial charge in [0, 0.05) is 22.7 Å².